The quantitative estimate of drug-likeness (QED) is 0.585. The maximum Gasteiger partial charge on any atom is 0.337 e. The van der Waals surface area contributed by atoms with Crippen LogP contribution < -0.4 is 0 Å². The SMILES string of the molecule is CCCCCC1=NO[C@@H](c2ccc(C(=O)OC)cc2)C1. The van der Waals surface area contributed by atoms with E-state index in [0.29, 0.717) is 5.56 Å². The van der Waals surface area contributed by atoms with Crippen molar-refractivity contribution < 1.29 is 14.4 Å². The summed E-state index contributed by atoms with van der Waals surface area (Å²) in [4.78, 5) is 16.8. The van der Waals surface area contributed by atoms with Crippen LogP contribution in [0, 0.1) is 0 Å². The number of esters is 1. The molecular weight excluding hydrogens is 254 g/mol. The number of ether oxygens (including phenoxy) is 1. The van der Waals surface area contributed by atoms with E-state index in [1.54, 1.807) is 12.1 Å². The molecule has 1 aliphatic rings. The van der Waals surface area contributed by atoms with E-state index in [-0.39, 0.29) is 12.1 Å². The molecular formula is C16H21NO3. The second-order valence-corrected chi connectivity index (χ2v) is 5.03. The van der Waals surface area contributed by atoms with Crippen LogP contribution in [0.3, 0.4) is 0 Å². The minimum absolute atomic E-state index is 0.0154. The van der Waals surface area contributed by atoms with E-state index in [9.17, 15) is 4.79 Å². The highest BCUT2D eigenvalue weighted by Crippen LogP contribution is 2.29. The lowest BCUT2D eigenvalue weighted by Gasteiger charge is -2.09. The molecule has 0 aromatic heterocycles. The van der Waals surface area contributed by atoms with Gasteiger partial charge in [0.15, 0.2) is 6.10 Å². The number of unbranched alkanes of at least 4 members (excludes halogenated alkanes) is 2. The van der Waals surface area contributed by atoms with Gasteiger partial charge in [0.2, 0.25) is 0 Å². The highest BCUT2D eigenvalue weighted by molar-refractivity contribution is 5.89. The lowest BCUT2D eigenvalue weighted by molar-refractivity contribution is 0.0600. The maximum atomic E-state index is 11.4. The molecule has 1 heterocycles. The van der Waals surface area contributed by atoms with Crippen molar-refractivity contribution in [2.45, 2.75) is 45.1 Å². The Balaban J connectivity index is 1.89. The summed E-state index contributed by atoms with van der Waals surface area (Å²) >= 11 is 0. The molecule has 0 radical (unpaired) electrons. The number of carbonyl (C=O) groups is 1. The molecule has 0 N–H and O–H groups in total. The third-order valence-electron chi connectivity index (χ3n) is 3.50. The molecule has 0 amide bonds. The third kappa shape index (κ3) is 3.59. The molecule has 20 heavy (non-hydrogen) atoms. The van der Waals surface area contributed by atoms with Crippen LogP contribution in [-0.2, 0) is 9.57 Å². The Morgan fingerprint density at radius 3 is 2.75 bits per heavy atom. The fourth-order valence-electron chi connectivity index (χ4n) is 2.28. The van der Waals surface area contributed by atoms with Crippen molar-refractivity contribution in [2.24, 2.45) is 5.16 Å². The molecule has 0 unspecified atom stereocenters. The molecule has 0 bridgehead atoms. The zero-order valence-corrected chi connectivity index (χ0v) is 12.1. The Hall–Kier alpha value is -1.84. The van der Waals surface area contributed by atoms with Crippen molar-refractivity contribution in [3.8, 4) is 0 Å². The first-order valence-electron chi connectivity index (χ1n) is 7.14. The number of oxime groups is 1. The smallest absolute Gasteiger partial charge is 0.337 e. The van der Waals surface area contributed by atoms with Crippen molar-refractivity contribution in [1.29, 1.82) is 0 Å². The van der Waals surface area contributed by atoms with Gasteiger partial charge in [-0.05, 0) is 30.5 Å². The Morgan fingerprint density at radius 2 is 2.10 bits per heavy atom. The number of rotatable bonds is 6. The fourth-order valence-corrected chi connectivity index (χ4v) is 2.28. The highest BCUT2D eigenvalue weighted by Gasteiger charge is 2.22. The number of nitrogens with zero attached hydrogens (tertiary/aromatic N) is 1. The van der Waals surface area contributed by atoms with E-state index >= 15 is 0 Å². The van der Waals surface area contributed by atoms with E-state index in [1.807, 2.05) is 12.1 Å². The zero-order chi connectivity index (χ0) is 14.4. The van der Waals surface area contributed by atoms with Crippen molar-refractivity contribution >= 4 is 11.7 Å². The second-order valence-electron chi connectivity index (χ2n) is 5.03. The van der Waals surface area contributed by atoms with Gasteiger partial charge in [0, 0.05) is 6.42 Å². The molecule has 4 heteroatoms. The molecule has 1 aromatic carbocycles. The van der Waals surface area contributed by atoms with Crippen LogP contribution in [0.1, 0.15) is 61.1 Å². The van der Waals surface area contributed by atoms with Crippen LogP contribution in [0.4, 0.5) is 0 Å². The second kappa shape index (κ2) is 7.08. The molecule has 2 rings (SSSR count). The zero-order valence-electron chi connectivity index (χ0n) is 12.1. The average molecular weight is 275 g/mol. The van der Waals surface area contributed by atoms with Crippen molar-refractivity contribution in [3.63, 3.8) is 0 Å². The first kappa shape index (κ1) is 14.6. The molecule has 1 aliphatic heterocycles. The fraction of sp³-hybridized carbons (Fsp3) is 0.500. The first-order valence-corrected chi connectivity index (χ1v) is 7.14. The maximum absolute atomic E-state index is 11.4. The van der Waals surface area contributed by atoms with Crippen LogP contribution in [0.15, 0.2) is 29.4 Å². The summed E-state index contributed by atoms with van der Waals surface area (Å²) in [6, 6.07) is 7.34. The van der Waals surface area contributed by atoms with Crippen LogP contribution in [0.25, 0.3) is 0 Å². The minimum atomic E-state index is -0.319. The predicted molar refractivity (Wildman–Crippen MR) is 77.8 cm³/mol. The molecule has 108 valence electrons. The summed E-state index contributed by atoms with van der Waals surface area (Å²) in [5.41, 5.74) is 2.74. The Kier molecular flexibility index (Phi) is 5.16. The monoisotopic (exact) mass is 275 g/mol. The lowest BCUT2D eigenvalue weighted by Crippen LogP contribution is -2.03. The van der Waals surface area contributed by atoms with Gasteiger partial charge in [0.25, 0.3) is 0 Å². The number of benzene rings is 1. The van der Waals surface area contributed by atoms with Gasteiger partial charge in [-0.2, -0.15) is 0 Å². The topological polar surface area (TPSA) is 47.9 Å². The van der Waals surface area contributed by atoms with E-state index in [4.69, 9.17) is 4.84 Å². The lowest BCUT2D eigenvalue weighted by atomic mass is 10.0. The number of methoxy groups -OCH3 is 1. The van der Waals surface area contributed by atoms with Gasteiger partial charge < -0.3 is 9.57 Å². The number of hydrogen-bond acceptors (Lipinski definition) is 4. The largest absolute Gasteiger partial charge is 0.465 e. The predicted octanol–water partition coefficient (Wildman–Crippen LogP) is 3.87. The Labute approximate surface area is 119 Å². The van der Waals surface area contributed by atoms with E-state index < -0.39 is 0 Å². The molecule has 0 aliphatic carbocycles. The highest BCUT2D eigenvalue weighted by atomic mass is 16.6. The summed E-state index contributed by atoms with van der Waals surface area (Å²) in [5, 5.41) is 4.16. The average Bonchev–Trinajstić information content (AvgIpc) is 2.96. The van der Waals surface area contributed by atoms with E-state index in [2.05, 4.69) is 16.8 Å². The third-order valence-corrected chi connectivity index (χ3v) is 3.50. The van der Waals surface area contributed by atoms with E-state index in [1.165, 1.54) is 26.4 Å². The van der Waals surface area contributed by atoms with Gasteiger partial charge >= 0.3 is 5.97 Å². The van der Waals surface area contributed by atoms with E-state index in [0.717, 1.165) is 24.1 Å². The van der Waals surface area contributed by atoms with Crippen LogP contribution in [-0.4, -0.2) is 18.8 Å². The minimum Gasteiger partial charge on any atom is -0.465 e. The summed E-state index contributed by atoms with van der Waals surface area (Å²) < 4.78 is 4.68. The van der Waals surface area contributed by atoms with Gasteiger partial charge in [-0.1, -0.05) is 37.1 Å². The van der Waals surface area contributed by atoms with Crippen LogP contribution >= 0.6 is 0 Å². The Morgan fingerprint density at radius 1 is 1.35 bits per heavy atom. The summed E-state index contributed by atoms with van der Waals surface area (Å²) in [7, 11) is 1.38. The first-order chi connectivity index (χ1) is 9.74. The number of hydrogen-bond donors (Lipinski definition) is 0. The van der Waals surface area contributed by atoms with Gasteiger partial charge in [-0.15, -0.1) is 0 Å². The van der Waals surface area contributed by atoms with Crippen LogP contribution in [0.5, 0.6) is 0 Å². The molecule has 1 aromatic rings. The summed E-state index contributed by atoms with van der Waals surface area (Å²) in [6.07, 6.45) is 5.47. The van der Waals surface area contributed by atoms with Crippen molar-refractivity contribution in [2.75, 3.05) is 7.11 Å². The van der Waals surface area contributed by atoms with Crippen LogP contribution in [0.2, 0.25) is 0 Å². The summed E-state index contributed by atoms with van der Waals surface area (Å²) in [6.45, 7) is 2.19. The van der Waals surface area contributed by atoms with Gasteiger partial charge in [-0.3, -0.25) is 0 Å². The van der Waals surface area contributed by atoms with Gasteiger partial charge in [0.1, 0.15) is 0 Å². The molecule has 0 fully saturated rings. The molecule has 0 saturated heterocycles. The molecule has 1 atom stereocenters. The standard InChI is InChI=1S/C16H21NO3/c1-3-4-5-6-14-11-15(20-17-14)12-7-9-13(10-8-12)16(18)19-2/h7-10,15H,3-6,11H2,1-2H3/t15-/m1/s1. The van der Waals surface area contributed by atoms with Crippen molar-refractivity contribution in [3.05, 3.63) is 35.4 Å². The van der Waals surface area contributed by atoms with Crippen molar-refractivity contribution in [1.82, 2.24) is 0 Å². The van der Waals surface area contributed by atoms with Gasteiger partial charge in [-0.25, -0.2) is 4.79 Å². The normalized spacial score (nSPS) is 17.5. The molecule has 0 spiro atoms. The number of carbonyl (C=O) groups excluding carboxylic acids is 1. The molecule has 0 saturated carbocycles. The summed E-state index contributed by atoms with van der Waals surface area (Å²) in [5.74, 6) is -0.319. The molecule has 4 nitrogen and oxygen atoms in total. The van der Waals surface area contributed by atoms with Gasteiger partial charge in [0.05, 0.1) is 18.4 Å². The Bertz CT molecular complexity index is 479.